The van der Waals surface area contributed by atoms with Gasteiger partial charge in [0.2, 0.25) is 5.91 Å². The van der Waals surface area contributed by atoms with Gasteiger partial charge in [-0.05, 0) is 56.4 Å². The molecule has 5 nitrogen and oxygen atoms in total. The first-order valence-electron chi connectivity index (χ1n) is 8.95. The molecule has 3 N–H and O–H groups in total. The van der Waals surface area contributed by atoms with Gasteiger partial charge in [0, 0.05) is 24.7 Å². The van der Waals surface area contributed by atoms with Crippen molar-refractivity contribution in [2.75, 3.05) is 11.9 Å². The number of benzene rings is 1. The van der Waals surface area contributed by atoms with E-state index in [-0.39, 0.29) is 11.9 Å². The Morgan fingerprint density at radius 3 is 2.38 bits per heavy atom. The van der Waals surface area contributed by atoms with Crippen LogP contribution in [-0.4, -0.2) is 24.5 Å². The summed E-state index contributed by atoms with van der Waals surface area (Å²) in [7, 11) is 0. The van der Waals surface area contributed by atoms with Gasteiger partial charge in [0.15, 0.2) is 0 Å². The Kier molecular flexibility index (Phi) is 7.09. The Labute approximate surface area is 144 Å². The van der Waals surface area contributed by atoms with Gasteiger partial charge < -0.3 is 16.0 Å². The SMILES string of the molecule is Cc1cc(C)cc(NC(=O)CCCNC(=O)NC2CCCCC2)c1. The molecule has 0 radical (unpaired) electrons. The molecule has 0 aliphatic heterocycles. The van der Waals surface area contributed by atoms with Crippen LogP contribution in [0.1, 0.15) is 56.1 Å². The Hall–Kier alpha value is -2.04. The van der Waals surface area contributed by atoms with Crippen molar-refractivity contribution >= 4 is 17.6 Å². The predicted molar refractivity (Wildman–Crippen MR) is 97.2 cm³/mol. The molecule has 0 unspecified atom stereocenters. The van der Waals surface area contributed by atoms with Gasteiger partial charge in [0.25, 0.3) is 0 Å². The normalized spacial score (nSPS) is 14.9. The molecule has 24 heavy (non-hydrogen) atoms. The smallest absolute Gasteiger partial charge is 0.315 e. The molecule has 1 aromatic rings. The van der Waals surface area contributed by atoms with E-state index in [2.05, 4.69) is 22.0 Å². The lowest BCUT2D eigenvalue weighted by molar-refractivity contribution is -0.116. The van der Waals surface area contributed by atoms with E-state index >= 15 is 0 Å². The summed E-state index contributed by atoms with van der Waals surface area (Å²) < 4.78 is 0. The van der Waals surface area contributed by atoms with E-state index in [4.69, 9.17) is 0 Å². The fourth-order valence-corrected chi connectivity index (χ4v) is 3.20. The molecule has 5 heteroatoms. The predicted octanol–water partition coefficient (Wildman–Crippen LogP) is 3.65. The summed E-state index contributed by atoms with van der Waals surface area (Å²) in [6.07, 6.45) is 6.85. The van der Waals surface area contributed by atoms with Crippen LogP contribution < -0.4 is 16.0 Å². The van der Waals surface area contributed by atoms with E-state index in [9.17, 15) is 9.59 Å². The van der Waals surface area contributed by atoms with Gasteiger partial charge in [-0.1, -0.05) is 25.3 Å². The maximum absolute atomic E-state index is 12.0. The topological polar surface area (TPSA) is 70.2 Å². The first-order chi connectivity index (χ1) is 11.5. The monoisotopic (exact) mass is 331 g/mol. The van der Waals surface area contributed by atoms with Crippen molar-refractivity contribution in [3.8, 4) is 0 Å². The van der Waals surface area contributed by atoms with Crippen LogP contribution >= 0.6 is 0 Å². The second-order valence-electron chi connectivity index (χ2n) is 6.76. The van der Waals surface area contributed by atoms with Gasteiger partial charge >= 0.3 is 6.03 Å². The Balaban J connectivity index is 1.61. The highest BCUT2D eigenvalue weighted by Crippen LogP contribution is 2.17. The Bertz CT molecular complexity index is 545. The zero-order valence-electron chi connectivity index (χ0n) is 14.8. The van der Waals surface area contributed by atoms with Crippen LogP contribution in [0.5, 0.6) is 0 Å². The number of carbonyl (C=O) groups excluding carboxylic acids is 2. The third-order valence-electron chi connectivity index (χ3n) is 4.31. The lowest BCUT2D eigenvalue weighted by Crippen LogP contribution is -2.43. The Morgan fingerprint density at radius 1 is 1.04 bits per heavy atom. The molecule has 1 aliphatic rings. The number of rotatable bonds is 6. The lowest BCUT2D eigenvalue weighted by atomic mass is 9.96. The molecule has 0 heterocycles. The third kappa shape index (κ3) is 6.60. The van der Waals surface area contributed by atoms with Gasteiger partial charge in [-0.2, -0.15) is 0 Å². The second kappa shape index (κ2) is 9.30. The van der Waals surface area contributed by atoms with E-state index in [1.54, 1.807) is 0 Å². The van der Waals surface area contributed by atoms with Gasteiger partial charge in [0.05, 0.1) is 0 Å². The third-order valence-corrected chi connectivity index (χ3v) is 4.31. The van der Waals surface area contributed by atoms with Gasteiger partial charge in [-0.3, -0.25) is 4.79 Å². The molecule has 132 valence electrons. The maximum Gasteiger partial charge on any atom is 0.315 e. The van der Waals surface area contributed by atoms with Gasteiger partial charge in [-0.25, -0.2) is 4.79 Å². The summed E-state index contributed by atoms with van der Waals surface area (Å²) in [4.78, 5) is 23.8. The van der Waals surface area contributed by atoms with Crippen LogP contribution in [0.3, 0.4) is 0 Å². The van der Waals surface area contributed by atoms with Crippen LogP contribution in [0.15, 0.2) is 18.2 Å². The second-order valence-corrected chi connectivity index (χ2v) is 6.76. The van der Waals surface area contributed by atoms with Crippen LogP contribution in [0.25, 0.3) is 0 Å². The lowest BCUT2D eigenvalue weighted by Gasteiger charge is -2.22. The van der Waals surface area contributed by atoms with Crippen molar-refractivity contribution in [1.82, 2.24) is 10.6 Å². The number of hydrogen-bond donors (Lipinski definition) is 3. The average molecular weight is 331 g/mol. The number of hydrogen-bond acceptors (Lipinski definition) is 2. The minimum absolute atomic E-state index is 0.0190. The fraction of sp³-hybridized carbons (Fsp3) is 0.579. The number of aryl methyl sites for hydroxylation is 2. The summed E-state index contributed by atoms with van der Waals surface area (Å²) in [5.74, 6) is -0.0190. The first-order valence-corrected chi connectivity index (χ1v) is 8.95. The molecule has 0 spiro atoms. The summed E-state index contributed by atoms with van der Waals surface area (Å²) in [6, 6.07) is 6.19. The van der Waals surface area contributed by atoms with Crippen LogP contribution in [0, 0.1) is 13.8 Å². The standard InChI is InChI=1S/C19H29N3O2/c1-14-11-15(2)13-17(12-14)21-18(23)9-6-10-20-19(24)22-16-7-4-3-5-8-16/h11-13,16H,3-10H2,1-2H3,(H,21,23)(H2,20,22,24). The van der Waals surface area contributed by atoms with E-state index in [0.717, 1.165) is 29.7 Å². The largest absolute Gasteiger partial charge is 0.338 e. The van der Waals surface area contributed by atoms with Gasteiger partial charge in [0.1, 0.15) is 0 Å². The van der Waals surface area contributed by atoms with E-state index in [0.29, 0.717) is 25.4 Å². The number of carbonyl (C=O) groups is 2. The molecule has 0 atom stereocenters. The zero-order valence-corrected chi connectivity index (χ0v) is 14.8. The molecular weight excluding hydrogens is 302 g/mol. The van der Waals surface area contributed by atoms with Crippen molar-refractivity contribution < 1.29 is 9.59 Å². The zero-order chi connectivity index (χ0) is 17.4. The summed E-state index contributed by atoms with van der Waals surface area (Å²) in [5.41, 5.74) is 3.10. The summed E-state index contributed by atoms with van der Waals surface area (Å²) >= 11 is 0. The average Bonchev–Trinajstić information content (AvgIpc) is 2.51. The highest BCUT2D eigenvalue weighted by molar-refractivity contribution is 5.90. The molecule has 2 rings (SSSR count). The minimum atomic E-state index is -0.114. The number of anilines is 1. The van der Waals surface area contributed by atoms with E-state index < -0.39 is 0 Å². The van der Waals surface area contributed by atoms with Crippen molar-refractivity contribution in [2.45, 2.75) is 64.8 Å². The molecule has 1 fully saturated rings. The molecule has 0 bridgehead atoms. The van der Waals surface area contributed by atoms with Crippen molar-refractivity contribution in [1.29, 1.82) is 0 Å². The van der Waals surface area contributed by atoms with Crippen molar-refractivity contribution in [3.63, 3.8) is 0 Å². The van der Waals surface area contributed by atoms with E-state index in [1.165, 1.54) is 19.3 Å². The Morgan fingerprint density at radius 2 is 1.71 bits per heavy atom. The molecule has 1 aromatic carbocycles. The van der Waals surface area contributed by atoms with Crippen LogP contribution in [0.4, 0.5) is 10.5 Å². The molecule has 3 amide bonds. The van der Waals surface area contributed by atoms with Crippen LogP contribution in [0.2, 0.25) is 0 Å². The molecular formula is C19H29N3O2. The summed E-state index contributed by atoms with van der Waals surface area (Å²) in [6.45, 7) is 4.54. The number of urea groups is 1. The fourth-order valence-electron chi connectivity index (χ4n) is 3.20. The maximum atomic E-state index is 12.0. The molecule has 1 saturated carbocycles. The summed E-state index contributed by atoms with van der Waals surface area (Å²) in [5, 5.41) is 8.76. The minimum Gasteiger partial charge on any atom is -0.338 e. The van der Waals surface area contributed by atoms with E-state index in [1.807, 2.05) is 26.0 Å². The number of amides is 3. The first kappa shape index (κ1) is 18.3. The van der Waals surface area contributed by atoms with Crippen molar-refractivity contribution in [2.24, 2.45) is 0 Å². The molecule has 1 aliphatic carbocycles. The van der Waals surface area contributed by atoms with Crippen LogP contribution in [-0.2, 0) is 4.79 Å². The highest BCUT2D eigenvalue weighted by Gasteiger charge is 2.15. The highest BCUT2D eigenvalue weighted by atomic mass is 16.2. The van der Waals surface area contributed by atoms with Crippen molar-refractivity contribution in [3.05, 3.63) is 29.3 Å². The molecule has 0 saturated heterocycles. The number of nitrogens with one attached hydrogen (secondary N) is 3. The quantitative estimate of drug-likeness (QED) is 0.696. The molecule has 0 aromatic heterocycles. The van der Waals surface area contributed by atoms with Gasteiger partial charge in [-0.15, -0.1) is 0 Å².